The van der Waals surface area contributed by atoms with Gasteiger partial charge in [-0.3, -0.25) is 4.90 Å². The summed E-state index contributed by atoms with van der Waals surface area (Å²) in [5.74, 6) is 1.18. The van der Waals surface area contributed by atoms with Crippen molar-refractivity contribution in [1.29, 1.82) is 0 Å². The molecular formula is C27H32N2O2. The van der Waals surface area contributed by atoms with E-state index in [2.05, 4.69) is 58.3 Å². The van der Waals surface area contributed by atoms with Crippen molar-refractivity contribution in [2.45, 2.75) is 32.2 Å². The van der Waals surface area contributed by atoms with Gasteiger partial charge in [0.2, 0.25) is 0 Å². The summed E-state index contributed by atoms with van der Waals surface area (Å²) in [6.45, 7) is 4.87. The van der Waals surface area contributed by atoms with Gasteiger partial charge >= 0.3 is 0 Å². The highest BCUT2D eigenvalue weighted by atomic mass is 16.5. The lowest BCUT2D eigenvalue weighted by molar-refractivity contribution is 0.214. The largest absolute Gasteiger partial charge is 0.508 e. The topological polar surface area (TPSA) is 35.9 Å². The summed E-state index contributed by atoms with van der Waals surface area (Å²) in [6, 6.07) is 26.1. The fourth-order valence-electron chi connectivity index (χ4n) is 4.10. The molecule has 1 saturated heterocycles. The zero-order valence-corrected chi connectivity index (χ0v) is 18.1. The molecule has 1 fully saturated rings. The number of aromatic hydroxyl groups is 1. The predicted molar refractivity (Wildman–Crippen MR) is 127 cm³/mol. The fraction of sp³-hybridized carbons (Fsp3) is 0.333. The Kier molecular flexibility index (Phi) is 7.46. The van der Waals surface area contributed by atoms with Crippen molar-refractivity contribution in [3.63, 3.8) is 0 Å². The normalized spacial score (nSPS) is 14.7. The van der Waals surface area contributed by atoms with Gasteiger partial charge in [0.25, 0.3) is 0 Å². The summed E-state index contributed by atoms with van der Waals surface area (Å²) < 4.78 is 6.03. The smallest absolute Gasteiger partial charge is 0.119 e. The first-order chi connectivity index (χ1) is 15.3. The number of ether oxygens (including phenoxy) is 1. The van der Waals surface area contributed by atoms with E-state index in [1.807, 2.05) is 18.2 Å². The van der Waals surface area contributed by atoms with E-state index in [0.717, 1.165) is 36.8 Å². The first-order valence-corrected chi connectivity index (χ1v) is 11.3. The average molecular weight is 417 g/mol. The quantitative estimate of drug-likeness (QED) is 0.490. The second-order valence-corrected chi connectivity index (χ2v) is 8.19. The van der Waals surface area contributed by atoms with Crippen LogP contribution in [-0.4, -0.2) is 36.2 Å². The third-order valence-electron chi connectivity index (χ3n) is 5.87. The molecule has 0 aliphatic carbocycles. The molecule has 162 valence electrons. The summed E-state index contributed by atoms with van der Waals surface area (Å²) in [6.07, 6.45) is 5.34. The van der Waals surface area contributed by atoms with E-state index < -0.39 is 0 Å². The van der Waals surface area contributed by atoms with Gasteiger partial charge in [-0.1, -0.05) is 43.2 Å². The molecule has 3 aromatic rings. The van der Waals surface area contributed by atoms with Crippen LogP contribution in [0.15, 0.2) is 78.9 Å². The Morgan fingerprint density at radius 1 is 0.742 bits per heavy atom. The number of rotatable bonds is 8. The van der Waals surface area contributed by atoms with Crippen LogP contribution in [0.3, 0.4) is 0 Å². The van der Waals surface area contributed by atoms with Crippen molar-refractivity contribution in [1.82, 2.24) is 4.90 Å². The van der Waals surface area contributed by atoms with Gasteiger partial charge in [-0.25, -0.2) is 0 Å². The molecule has 4 nitrogen and oxygen atoms in total. The molecule has 0 atom stereocenters. The molecule has 0 spiro atoms. The Labute approximate surface area is 185 Å². The summed E-state index contributed by atoms with van der Waals surface area (Å²) in [5, 5.41) is 9.69. The van der Waals surface area contributed by atoms with Crippen molar-refractivity contribution in [3.8, 4) is 11.5 Å². The summed E-state index contributed by atoms with van der Waals surface area (Å²) >= 11 is 0. The molecule has 1 aliphatic heterocycles. The van der Waals surface area contributed by atoms with E-state index in [0.29, 0.717) is 0 Å². The number of phenols is 1. The monoisotopic (exact) mass is 416 g/mol. The Bertz CT molecular complexity index is 902. The van der Waals surface area contributed by atoms with Gasteiger partial charge in [0.1, 0.15) is 18.1 Å². The van der Waals surface area contributed by atoms with Crippen LogP contribution in [-0.2, 0) is 6.54 Å². The molecule has 4 rings (SSSR count). The minimum Gasteiger partial charge on any atom is -0.508 e. The van der Waals surface area contributed by atoms with Gasteiger partial charge < -0.3 is 14.7 Å². The van der Waals surface area contributed by atoms with Crippen LogP contribution in [0.25, 0.3) is 0 Å². The molecule has 1 heterocycles. The minimum absolute atomic E-state index is 0.275. The molecule has 0 amide bonds. The molecule has 0 aromatic heterocycles. The van der Waals surface area contributed by atoms with Crippen molar-refractivity contribution in [2.24, 2.45) is 0 Å². The standard InChI is InChI=1S/C27H32N2O2/c30-26-14-10-24(11-15-26)29(22-23-8-4-3-5-9-23)25-12-16-27(17-13-25)31-21-20-28-18-6-1-2-7-19-28/h3-5,8-17,30H,1-2,6-7,18-22H2. The van der Waals surface area contributed by atoms with Crippen LogP contribution in [0.4, 0.5) is 11.4 Å². The van der Waals surface area contributed by atoms with Crippen molar-refractivity contribution in [2.75, 3.05) is 31.1 Å². The van der Waals surface area contributed by atoms with E-state index in [4.69, 9.17) is 4.74 Å². The summed E-state index contributed by atoms with van der Waals surface area (Å²) in [4.78, 5) is 4.77. The van der Waals surface area contributed by atoms with E-state index in [-0.39, 0.29) is 5.75 Å². The predicted octanol–water partition coefficient (Wildman–Crippen LogP) is 5.99. The number of anilines is 2. The Morgan fingerprint density at radius 3 is 2.00 bits per heavy atom. The molecule has 31 heavy (non-hydrogen) atoms. The molecule has 3 aromatic carbocycles. The fourth-order valence-corrected chi connectivity index (χ4v) is 4.10. The van der Waals surface area contributed by atoms with Crippen molar-refractivity contribution < 1.29 is 9.84 Å². The van der Waals surface area contributed by atoms with Crippen LogP contribution in [0.1, 0.15) is 31.2 Å². The first kappa shape index (κ1) is 21.3. The SMILES string of the molecule is Oc1ccc(N(Cc2ccccc2)c2ccc(OCCN3CCCCCC3)cc2)cc1. The Hall–Kier alpha value is -2.98. The minimum atomic E-state index is 0.275. The lowest BCUT2D eigenvalue weighted by Crippen LogP contribution is -2.29. The van der Waals surface area contributed by atoms with Crippen LogP contribution in [0, 0.1) is 0 Å². The zero-order chi connectivity index (χ0) is 21.3. The number of benzene rings is 3. The number of hydrogen-bond donors (Lipinski definition) is 1. The van der Waals surface area contributed by atoms with Crippen LogP contribution in [0.2, 0.25) is 0 Å². The highest BCUT2D eigenvalue weighted by Gasteiger charge is 2.12. The molecule has 0 unspecified atom stereocenters. The van der Waals surface area contributed by atoms with Gasteiger partial charge in [0, 0.05) is 24.5 Å². The second kappa shape index (κ2) is 10.9. The Balaban J connectivity index is 1.42. The molecule has 0 saturated carbocycles. The van der Waals surface area contributed by atoms with Gasteiger partial charge in [0.05, 0.1) is 0 Å². The van der Waals surface area contributed by atoms with Crippen LogP contribution >= 0.6 is 0 Å². The van der Waals surface area contributed by atoms with E-state index >= 15 is 0 Å². The highest BCUT2D eigenvalue weighted by Crippen LogP contribution is 2.30. The van der Waals surface area contributed by atoms with E-state index in [9.17, 15) is 5.11 Å². The van der Waals surface area contributed by atoms with Crippen LogP contribution < -0.4 is 9.64 Å². The lowest BCUT2D eigenvalue weighted by Gasteiger charge is -2.26. The summed E-state index contributed by atoms with van der Waals surface area (Å²) in [7, 11) is 0. The van der Waals surface area contributed by atoms with E-state index in [1.165, 1.54) is 44.3 Å². The number of hydrogen-bond acceptors (Lipinski definition) is 4. The van der Waals surface area contributed by atoms with Crippen molar-refractivity contribution in [3.05, 3.63) is 84.4 Å². The van der Waals surface area contributed by atoms with Gasteiger partial charge in [-0.2, -0.15) is 0 Å². The maximum atomic E-state index is 9.69. The molecule has 0 bridgehead atoms. The van der Waals surface area contributed by atoms with E-state index in [1.54, 1.807) is 12.1 Å². The number of nitrogens with zero attached hydrogens (tertiary/aromatic N) is 2. The highest BCUT2D eigenvalue weighted by molar-refractivity contribution is 5.64. The molecular weight excluding hydrogens is 384 g/mol. The lowest BCUT2D eigenvalue weighted by atomic mass is 10.1. The Morgan fingerprint density at radius 2 is 1.35 bits per heavy atom. The van der Waals surface area contributed by atoms with Crippen LogP contribution in [0.5, 0.6) is 11.5 Å². The second-order valence-electron chi connectivity index (χ2n) is 8.19. The first-order valence-electron chi connectivity index (χ1n) is 11.3. The third-order valence-corrected chi connectivity index (χ3v) is 5.87. The molecule has 0 radical (unpaired) electrons. The number of likely N-dealkylation sites (tertiary alicyclic amines) is 1. The van der Waals surface area contributed by atoms with Gasteiger partial charge in [-0.15, -0.1) is 0 Å². The maximum absolute atomic E-state index is 9.69. The maximum Gasteiger partial charge on any atom is 0.119 e. The number of phenolic OH excluding ortho intramolecular Hbond substituents is 1. The van der Waals surface area contributed by atoms with Gasteiger partial charge in [-0.05, 0) is 80.0 Å². The molecule has 4 heteroatoms. The van der Waals surface area contributed by atoms with Gasteiger partial charge in [0.15, 0.2) is 0 Å². The van der Waals surface area contributed by atoms with Crippen molar-refractivity contribution >= 4 is 11.4 Å². The summed E-state index contributed by atoms with van der Waals surface area (Å²) in [5.41, 5.74) is 3.36. The third kappa shape index (κ3) is 6.25. The molecule has 1 N–H and O–H groups in total. The molecule has 1 aliphatic rings. The average Bonchev–Trinajstić information content (AvgIpc) is 3.08. The zero-order valence-electron chi connectivity index (χ0n) is 18.1.